The highest BCUT2D eigenvalue weighted by Gasteiger charge is 2.24. The van der Waals surface area contributed by atoms with Gasteiger partial charge in [0.25, 0.3) is 0 Å². The average Bonchev–Trinajstić information content (AvgIpc) is 2.72. The van der Waals surface area contributed by atoms with Crippen LogP contribution in [-0.2, 0) is 6.54 Å². The van der Waals surface area contributed by atoms with Crippen LogP contribution in [0.25, 0.3) is 0 Å². The van der Waals surface area contributed by atoms with Crippen LogP contribution >= 0.6 is 27.3 Å². The minimum Gasteiger partial charge on any atom is -0.392 e. The van der Waals surface area contributed by atoms with Gasteiger partial charge in [0.1, 0.15) is 0 Å². The Morgan fingerprint density at radius 2 is 2.43 bits per heavy atom. The standard InChI is InChI=1S/C10H14BrNOS/c11-7-4-8(14-6-7)5-12-9-2-1-3-10(9)13/h4,6,9-10,12-13H,1-3,5H2/t9-,10-/m1/s1. The van der Waals surface area contributed by atoms with Crippen molar-refractivity contribution < 1.29 is 5.11 Å². The molecule has 0 amide bonds. The van der Waals surface area contributed by atoms with Crippen molar-refractivity contribution in [2.45, 2.75) is 38.0 Å². The van der Waals surface area contributed by atoms with Crippen molar-refractivity contribution >= 4 is 27.3 Å². The molecule has 1 aromatic rings. The monoisotopic (exact) mass is 275 g/mol. The van der Waals surface area contributed by atoms with Crippen molar-refractivity contribution in [3.05, 3.63) is 20.8 Å². The van der Waals surface area contributed by atoms with Gasteiger partial charge in [-0.25, -0.2) is 0 Å². The molecule has 0 radical (unpaired) electrons. The lowest BCUT2D eigenvalue weighted by Crippen LogP contribution is -2.34. The Balaban J connectivity index is 1.82. The summed E-state index contributed by atoms with van der Waals surface area (Å²) in [5, 5.41) is 15.1. The molecule has 2 atom stereocenters. The molecule has 1 aliphatic carbocycles. The number of hydrogen-bond donors (Lipinski definition) is 2. The first kappa shape index (κ1) is 10.6. The van der Waals surface area contributed by atoms with Gasteiger partial charge in [0.15, 0.2) is 0 Å². The zero-order chi connectivity index (χ0) is 9.97. The number of hydrogen-bond acceptors (Lipinski definition) is 3. The number of aliphatic hydroxyl groups is 1. The second-order valence-corrected chi connectivity index (χ2v) is 5.63. The van der Waals surface area contributed by atoms with E-state index < -0.39 is 0 Å². The Kier molecular flexibility index (Phi) is 3.60. The van der Waals surface area contributed by atoms with Crippen molar-refractivity contribution in [3.8, 4) is 0 Å². The molecule has 1 saturated carbocycles. The van der Waals surface area contributed by atoms with Crippen molar-refractivity contribution in [1.82, 2.24) is 5.32 Å². The molecule has 1 aromatic heterocycles. The fourth-order valence-corrected chi connectivity index (χ4v) is 3.26. The van der Waals surface area contributed by atoms with Crippen molar-refractivity contribution in [2.75, 3.05) is 0 Å². The van der Waals surface area contributed by atoms with Gasteiger partial charge in [-0.05, 0) is 41.3 Å². The maximum Gasteiger partial charge on any atom is 0.0693 e. The second-order valence-electron chi connectivity index (χ2n) is 3.72. The molecule has 0 spiro atoms. The van der Waals surface area contributed by atoms with Crippen LogP contribution < -0.4 is 5.32 Å². The van der Waals surface area contributed by atoms with Crippen LogP contribution in [0.5, 0.6) is 0 Å². The topological polar surface area (TPSA) is 32.3 Å². The smallest absolute Gasteiger partial charge is 0.0693 e. The second kappa shape index (κ2) is 4.75. The van der Waals surface area contributed by atoms with Gasteiger partial charge in [0.05, 0.1) is 6.10 Å². The minimum absolute atomic E-state index is 0.140. The molecule has 0 bridgehead atoms. The molecule has 2 nitrogen and oxygen atoms in total. The molecule has 2 rings (SSSR count). The van der Waals surface area contributed by atoms with E-state index in [1.54, 1.807) is 11.3 Å². The summed E-state index contributed by atoms with van der Waals surface area (Å²) >= 11 is 5.17. The summed E-state index contributed by atoms with van der Waals surface area (Å²) in [5.41, 5.74) is 0. The molecule has 4 heteroatoms. The Hall–Kier alpha value is 0.1000. The number of nitrogens with one attached hydrogen (secondary N) is 1. The lowest BCUT2D eigenvalue weighted by Gasteiger charge is -2.15. The molecule has 1 heterocycles. The lowest BCUT2D eigenvalue weighted by atomic mass is 10.2. The molecule has 0 aliphatic heterocycles. The fraction of sp³-hybridized carbons (Fsp3) is 0.600. The molecule has 14 heavy (non-hydrogen) atoms. The number of aliphatic hydroxyl groups excluding tert-OH is 1. The fourth-order valence-electron chi connectivity index (χ4n) is 1.86. The normalized spacial score (nSPS) is 27.0. The maximum atomic E-state index is 9.60. The SMILES string of the molecule is O[C@@H]1CCC[C@H]1NCc1cc(Br)cs1. The first-order valence-electron chi connectivity index (χ1n) is 4.90. The van der Waals surface area contributed by atoms with Crippen LogP contribution in [0.3, 0.4) is 0 Å². The summed E-state index contributed by atoms with van der Waals surface area (Å²) < 4.78 is 1.14. The van der Waals surface area contributed by atoms with E-state index in [0.29, 0.717) is 6.04 Å². The van der Waals surface area contributed by atoms with Crippen LogP contribution in [0.4, 0.5) is 0 Å². The highest BCUT2D eigenvalue weighted by Crippen LogP contribution is 2.22. The first-order chi connectivity index (χ1) is 6.75. The third-order valence-electron chi connectivity index (χ3n) is 2.64. The average molecular weight is 276 g/mol. The summed E-state index contributed by atoms with van der Waals surface area (Å²) in [6.45, 7) is 0.873. The Labute approximate surface area is 96.5 Å². The molecule has 1 fully saturated rings. The van der Waals surface area contributed by atoms with E-state index in [9.17, 15) is 5.11 Å². The third-order valence-corrected chi connectivity index (χ3v) is 4.34. The van der Waals surface area contributed by atoms with Gasteiger partial charge < -0.3 is 10.4 Å². The highest BCUT2D eigenvalue weighted by molar-refractivity contribution is 9.10. The van der Waals surface area contributed by atoms with Gasteiger partial charge in [-0.1, -0.05) is 0 Å². The summed E-state index contributed by atoms with van der Waals surface area (Å²) in [7, 11) is 0. The van der Waals surface area contributed by atoms with Gasteiger partial charge in [0, 0.05) is 27.3 Å². The van der Waals surface area contributed by atoms with E-state index in [1.807, 2.05) is 0 Å². The van der Waals surface area contributed by atoms with Gasteiger partial charge in [-0.2, -0.15) is 0 Å². The third kappa shape index (κ3) is 2.57. The minimum atomic E-state index is -0.140. The maximum absolute atomic E-state index is 9.60. The van der Waals surface area contributed by atoms with Crippen molar-refractivity contribution in [1.29, 1.82) is 0 Å². The van der Waals surface area contributed by atoms with Gasteiger partial charge >= 0.3 is 0 Å². The molecule has 1 aliphatic rings. The predicted octanol–water partition coefficient (Wildman–Crippen LogP) is 2.51. The number of halogens is 1. The summed E-state index contributed by atoms with van der Waals surface area (Å²) in [6, 6.07) is 2.43. The van der Waals surface area contributed by atoms with Crippen LogP contribution in [-0.4, -0.2) is 17.3 Å². The quantitative estimate of drug-likeness (QED) is 0.889. The zero-order valence-electron chi connectivity index (χ0n) is 7.87. The van der Waals surface area contributed by atoms with E-state index in [0.717, 1.165) is 30.3 Å². The highest BCUT2D eigenvalue weighted by atomic mass is 79.9. The van der Waals surface area contributed by atoms with E-state index in [4.69, 9.17) is 0 Å². The van der Waals surface area contributed by atoms with E-state index >= 15 is 0 Å². The Morgan fingerprint density at radius 1 is 1.57 bits per heavy atom. The molecular formula is C10H14BrNOS. The Morgan fingerprint density at radius 3 is 3.00 bits per heavy atom. The zero-order valence-corrected chi connectivity index (χ0v) is 10.3. The van der Waals surface area contributed by atoms with E-state index in [2.05, 4.69) is 32.7 Å². The lowest BCUT2D eigenvalue weighted by molar-refractivity contribution is 0.149. The summed E-state index contributed by atoms with van der Waals surface area (Å²) in [5.74, 6) is 0. The summed E-state index contributed by atoms with van der Waals surface area (Å²) in [6.07, 6.45) is 3.06. The first-order valence-corrected chi connectivity index (χ1v) is 6.57. The molecule has 2 N–H and O–H groups in total. The van der Waals surface area contributed by atoms with E-state index in [-0.39, 0.29) is 6.10 Å². The molecule has 78 valence electrons. The molecular weight excluding hydrogens is 262 g/mol. The van der Waals surface area contributed by atoms with Gasteiger partial charge in [0.2, 0.25) is 0 Å². The van der Waals surface area contributed by atoms with Crippen LogP contribution in [0, 0.1) is 0 Å². The predicted molar refractivity (Wildman–Crippen MR) is 62.5 cm³/mol. The largest absolute Gasteiger partial charge is 0.392 e. The molecule has 0 saturated heterocycles. The van der Waals surface area contributed by atoms with Crippen LogP contribution in [0.1, 0.15) is 24.1 Å². The van der Waals surface area contributed by atoms with Crippen LogP contribution in [0.15, 0.2) is 15.9 Å². The molecule has 0 aromatic carbocycles. The Bertz CT molecular complexity index is 302. The molecule has 0 unspecified atom stereocenters. The van der Waals surface area contributed by atoms with Gasteiger partial charge in [-0.3, -0.25) is 0 Å². The summed E-state index contributed by atoms with van der Waals surface area (Å²) in [4.78, 5) is 1.32. The number of thiophene rings is 1. The van der Waals surface area contributed by atoms with Gasteiger partial charge in [-0.15, -0.1) is 11.3 Å². The van der Waals surface area contributed by atoms with Crippen molar-refractivity contribution in [2.24, 2.45) is 0 Å². The van der Waals surface area contributed by atoms with E-state index in [1.165, 1.54) is 4.88 Å². The van der Waals surface area contributed by atoms with Crippen molar-refractivity contribution in [3.63, 3.8) is 0 Å². The van der Waals surface area contributed by atoms with Crippen LogP contribution in [0.2, 0.25) is 0 Å². The number of rotatable bonds is 3.